The van der Waals surface area contributed by atoms with E-state index in [0.29, 0.717) is 36.9 Å². The van der Waals surface area contributed by atoms with Gasteiger partial charge in [-0.2, -0.15) is 0 Å². The molecule has 0 aliphatic heterocycles. The lowest BCUT2D eigenvalue weighted by molar-refractivity contribution is -0.138. The van der Waals surface area contributed by atoms with Crippen molar-refractivity contribution in [2.24, 2.45) is 0 Å². The van der Waals surface area contributed by atoms with E-state index in [4.69, 9.17) is 10.2 Å². The molecule has 0 unspecified atom stereocenters. The fourth-order valence-electron chi connectivity index (χ4n) is 3.28. The van der Waals surface area contributed by atoms with Crippen molar-refractivity contribution in [2.45, 2.75) is 37.8 Å². The molecule has 0 bridgehead atoms. The quantitative estimate of drug-likeness (QED) is 0.409. The van der Waals surface area contributed by atoms with Crippen molar-refractivity contribution in [3.63, 3.8) is 0 Å². The maximum Gasteiger partial charge on any atom is 0.408 e. The number of hydrogen-bond donors (Lipinski definition) is 4. The minimum Gasteiger partial charge on any atom is -0.480 e. The molecular weight excluding hydrogens is 366 g/mol. The molecule has 12 nitrogen and oxygen atoms in total. The molecule has 0 aromatic carbocycles. The Balaban J connectivity index is 3.01. The lowest BCUT2D eigenvalue weighted by Gasteiger charge is -2.42. The smallest absolute Gasteiger partial charge is 0.408 e. The molecule has 4 N–H and O–H groups in total. The third kappa shape index (κ3) is 6.31. The molecule has 0 saturated heterocycles. The molecular formula is C15H23N3O9. The fraction of sp³-hybridized carbons (Fsp3) is 0.667. The van der Waals surface area contributed by atoms with Gasteiger partial charge in [-0.05, 0) is 12.8 Å². The number of aliphatic carboxylic acids is 1. The van der Waals surface area contributed by atoms with Gasteiger partial charge in [0.1, 0.15) is 12.8 Å². The van der Waals surface area contributed by atoms with Crippen molar-refractivity contribution in [3.8, 4) is 0 Å². The van der Waals surface area contributed by atoms with Gasteiger partial charge in [0.15, 0.2) is 0 Å². The van der Waals surface area contributed by atoms with Crippen molar-refractivity contribution in [3.05, 3.63) is 0 Å². The molecule has 1 aliphatic carbocycles. The van der Waals surface area contributed by atoms with Crippen LogP contribution < -0.4 is 0 Å². The van der Waals surface area contributed by atoms with E-state index >= 15 is 0 Å². The average molecular weight is 389 g/mol. The van der Waals surface area contributed by atoms with Gasteiger partial charge in [0.05, 0.1) is 18.6 Å². The third-order valence-electron chi connectivity index (χ3n) is 4.47. The van der Waals surface area contributed by atoms with Crippen LogP contribution in [0.25, 0.3) is 0 Å². The highest BCUT2D eigenvalue weighted by Crippen LogP contribution is 2.27. The first kappa shape index (κ1) is 22.0. The Labute approximate surface area is 154 Å². The van der Waals surface area contributed by atoms with E-state index in [-0.39, 0.29) is 13.1 Å². The molecule has 0 aromatic rings. The number of carboxylic acid groups (broad SMARTS) is 4. The summed E-state index contributed by atoms with van der Waals surface area (Å²) in [5.74, 6) is -1.35. The first-order valence-electron chi connectivity index (χ1n) is 8.31. The molecule has 0 aromatic heterocycles. The van der Waals surface area contributed by atoms with Crippen LogP contribution in [0.3, 0.4) is 0 Å². The van der Waals surface area contributed by atoms with Crippen LogP contribution in [-0.2, 0) is 9.59 Å². The minimum absolute atomic E-state index is 0.267. The maximum atomic E-state index is 11.7. The number of hydrogen-bond acceptors (Lipinski definition) is 5. The first-order chi connectivity index (χ1) is 12.7. The van der Waals surface area contributed by atoms with Crippen LogP contribution in [0.2, 0.25) is 0 Å². The Morgan fingerprint density at radius 2 is 1.33 bits per heavy atom. The Kier molecular flexibility index (Phi) is 8.30. The van der Waals surface area contributed by atoms with Gasteiger partial charge < -0.3 is 30.1 Å². The molecule has 3 amide bonds. The van der Waals surface area contributed by atoms with Gasteiger partial charge in [-0.3, -0.25) is 14.6 Å². The molecule has 1 fully saturated rings. The van der Waals surface area contributed by atoms with E-state index in [2.05, 4.69) is 0 Å². The van der Waals surface area contributed by atoms with Crippen LogP contribution in [0.4, 0.5) is 14.4 Å². The number of carbonyl (C=O) groups is 5. The second-order valence-electron chi connectivity index (χ2n) is 6.09. The zero-order valence-corrected chi connectivity index (χ0v) is 14.6. The van der Waals surface area contributed by atoms with Gasteiger partial charge in [0.2, 0.25) is 0 Å². The highest BCUT2D eigenvalue weighted by atomic mass is 16.4. The topological polar surface area (TPSA) is 176 Å². The summed E-state index contributed by atoms with van der Waals surface area (Å²) in [6.07, 6.45) is -1.98. The number of rotatable bonds is 9. The molecule has 0 radical (unpaired) electrons. The van der Waals surface area contributed by atoms with Crippen molar-refractivity contribution >= 4 is 30.5 Å². The summed E-state index contributed by atoms with van der Waals surface area (Å²) in [7, 11) is 0. The zero-order chi connectivity index (χ0) is 20.6. The number of carbonyl (C=O) groups excluding carboxylic acids is 1. The summed E-state index contributed by atoms with van der Waals surface area (Å²) >= 11 is 0. The van der Waals surface area contributed by atoms with E-state index < -0.39 is 49.4 Å². The molecule has 1 aliphatic rings. The Morgan fingerprint density at radius 3 is 1.74 bits per heavy atom. The standard InChI is InChI=1S/C15H23N3O9/c19-8-7-16(13(22)23)5-6-17(14(24)25)10-3-1-2-4-11(10)18(15(26)27)9-12(20)21/h8,10-11H,1-7,9H2,(H,20,21)(H,22,23)(H,24,25)(H,26,27)/t10-,11-/m0/s1. The predicted octanol–water partition coefficient (Wildman–Crippen LogP) is 0.521. The number of carboxylic acids is 1. The molecule has 1 saturated carbocycles. The molecule has 0 spiro atoms. The maximum absolute atomic E-state index is 11.7. The minimum atomic E-state index is -1.47. The number of aldehydes is 1. The average Bonchev–Trinajstić information content (AvgIpc) is 2.58. The van der Waals surface area contributed by atoms with E-state index in [0.717, 1.165) is 9.80 Å². The van der Waals surface area contributed by atoms with Crippen LogP contribution in [0.15, 0.2) is 0 Å². The molecule has 1 rings (SSSR count). The van der Waals surface area contributed by atoms with Gasteiger partial charge in [0.25, 0.3) is 0 Å². The Hall–Kier alpha value is -3.05. The lowest BCUT2D eigenvalue weighted by Crippen LogP contribution is -2.58. The first-order valence-corrected chi connectivity index (χ1v) is 8.31. The summed E-state index contributed by atoms with van der Waals surface area (Å²) in [6, 6.07) is -1.66. The van der Waals surface area contributed by atoms with E-state index in [1.165, 1.54) is 0 Å². The predicted molar refractivity (Wildman–Crippen MR) is 88.8 cm³/mol. The molecule has 27 heavy (non-hydrogen) atoms. The van der Waals surface area contributed by atoms with Gasteiger partial charge >= 0.3 is 24.2 Å². The molecule has 12 heteroatoms. The third-order valence-corrected chi connectivity index (χ3v) is 4.47. The summed E-state index contributed by atoms with van der Waals surface area (Å²) in [5, 5.41) is 36.9. The van der Waals surface area contributed by atoms with Crippen molar-refractivity contribution < 1.29 is 44.4 Å². The Bertz CT molecular complexity index is 583. The summed E-state index contributed by atoms with van der Waals surface area (Å²) in [4.78, 5) is 58.2. The van der Waals surface area contributed by atoms with E-state index in [9.17, 15) is 34.2 Å². The van der Waals surface area contributed by atoms with Gasteiger partial charge in [-0.25, -0.2) is 14.4 Å². The van der Waals surface area contributed by atoms with Crippen LogP contribution in [0, 0.1) is 0 Å². The molecule has 152 valence electrons. The molecule has 2 atom stereocenters. The highest BCUT2D eigenvalue weighted by molar-refractivity contribution is 5.76. The normalized spacial score (nSPS) is 19.0. The van der Waals surface area contributed by atoms with Crippen LogP contribution in [0.5, 0.6) is 0 Å². The summed E-state index contributed by atoms with van der Waals surface area (Å²) < 4.78 is 0. The van der Waals surface area contributed by atoms with E-state index in [1.807, 2.05) is 0 Å². The van der Waals surface area contributed by atoms with Gasteiger partial charge in [-0.1, -0.05) is 12.8 Å². The second-order valence-corrected chi connectivity index (χ2v) is 6.09. The highest BCUT2D eigenvalue weighted by Gasteiger charge is 2.39. The van der Waals surface area contributed by atoms with Gasteiger partial charge in [0, 0.05) is 13.1 Å². The zero-order valence-electron chi connectivity index (χ0n) is 14.6. The lowest BCUT2D eigenvalue weighted by atomic mass is 9.88. The fourth-order valence-corrected chi connectivity index (χ4v) is 3.28. The monoisotopic (exact) mass is 389 g/mol. The van der Waals surface area contributed by atoms with Crippen molar-refractivity contribution in [2.75, 3.05) is 26.2 Å². The van der Waals surface area contributed by atoms with Crippen molar-refractivity contribution in [1.82, 2.24) is 14.7 Å². The summed E-state index contributed by atoms with van der Waals surface area (Å²) in [6.45, 7) is -1.74. The largest absolute Gasteiger partial charge is 0.480 e. The van der Waals surface area contributed by atoms with Crippen LogP contribution >= 0.6 is 0 Å². The van der Waals surface area contributed by atoms with Crippen molar-refractivity contribution in [1.29, 1.82) is 0 Å². The SMILES string of the molecule is O=CCN(CCN(C(=O)O)[C@H]1CCCC[C@@H]1N(CC(=O)O)C(=O)O)C(=O)O. The van der Waals surface area contributed by atoms with Crippen LogP contribution in [-0.4, -0.2) is 104 Å². The molecule has 0 heterocycles. The van der Waals surface area contributed by atoms with Crippen LogP contribution in [0.1, 0.15) is 25.7 Å². The Morgan fingerprint density at radius 1 is 0.815 bits per heavy atom. The van der Waals surface area contributed by atoms with Gasteiger partial charge in [-0.15, -0.1) is 0 Å². The summed E-state index contributed by atoms with van der Waals surface area (Å²) in [5.41, 5.74) is 0. The van der Waals surface area contributed by atoms with E-state index in [1.54, 1.807) is 0 Å². The number of amides is 3. The number of nitrogens with zero attached hydrogens (tertiary/aromatic N) is 3. The second kappa shape index (κ2) is 10.2.